The summed E-state index contributed by atoms with van der Waals surface area (Å²) in [6, 6.07) is 5.02. The van der Waals surface area contributed by atoms with Gasteiger partial charge in [0.25, 0.3) is 0 Å². The number of thiocarbonyl (C=S) groups is 1. The largest absolute Gasteiger partial charge is 0.493 e. The molecule has 1 aromatic rings. The molecule has 0 spiro atoms. The fourth-order valence-corrected chi connectivity index (χ4v) is 4.24. The van der Waals surface area contributed by atoms with Crippen molar-refractivity contribution in [2.45, 2.75) is 59.2 Å². The Morgan fingerprint density at radius 3 is 2.30 bits per heavy atom. The predicted octanol–water partition coefficient (Wildman–Crippen LogP) is 3.52. The van der Waals surface area contributed by atoms with Crippen LogP contribution >= 0.6 is 12.2 Å². The van der Waals surface area contributed by atoms with E-state index in [4.69, 9.17) is 21.7 Å². The van der Waals surface area contributed by atoms with Gasteiger partial charge in [0.1, 0.15) is 0 Å². The molecule has 1 aromatic carbocycles. The van der Waals surface area contributed by atoms with Crippen molar-refractivity contribution in [2.75, 3.05) is 27.3 Å². The average Bonchev–Trinajstić information content (AvgIpc) is 2.63. The summed E-state index contributed by atoms with van der Waals surface area (Å²) in [5.74, 6) is 1.99. The summed E-state index contributed by atoms with van der Waals surface area (Å²) in [4.78, 5) is 2.53. The molecule has 0 aliphatic carbocycles. The molecule has 1 aliphatic heterocycles. The van der Waals surface area contributed by atoms with Gasteiger partial charge in [0.05, 0.1) is 26.3 Å². The Balaban J connectivity index is 2.46. The van der Waals surface area contributed by atoms with E-state index in [2.05, 4.69) is 62.3 Å². The van der Waals surface area contributed by atoms with Crippen molar-refractivity contribution in [3.8, 4) is 11.5 Å². The van der Waals surface area contributed by atoms with Crippen LogP contribution in [0, 0.1) is 5.92 Å². The first-order valence-electron chi connectivity index (χ1n) is 9.88. The van der Waals surface area contributed by atoms with Crippen LogP contribution in [0.15, 0.2) is 12.1 Å². The van der Waals surface area contributed by atoms with Gasteiger partial charge in [-0.1, -0.05) is 20.8 Å². The highest BCUT2D eigenvalue weighted by Crippen LogP contribution is 2.40. The number of hydrogen-bond acceptors (Lipinski definition) is 4. The Bertz CT molecular complexity index is 649. The fourth-order valence-electron chi connectivity index (χ4n) is 3.87. The molecule has 2 N–H and O–H groups in total. The monoisotopic (exact) mass is 393 g/mol. The molecule has 6 heteroatoms. The number of ether oxygens (including phenoxy) is 2. The van der Waals surface area contributed by atoms with Crippen LogP contribution in [0.2, 0.25) is 0 Å². The minimum Gasteiger partial charge on any atom is -0.493 e. The number of benzene rings is 1. The molecule has 0 unspecified atom stereocenters. The SMILES string of the molecule is CCN1CCc2cc(OC)c(OC)cc2[C@H]1[C@H](NC(=S)NC(C)C)C(C)C. The molecule has 0 saturated heterocycles. The van der Waals surface area contributed by atoms with Crippen LogP contribution in [-0.2, 0) is 6.42 Å². The van der Waals surface area contributed by atoms with Crippen LogP contribution in [0.3, 0.4) is 0 Å². The summed E-state index contributed by atoms with van der Waals surface area (Å²) in [7, 11) is 3.39. The number of fused-ring (bicyclic) bond motifs is 1. The second kappa shape index (κ2) is 9.60. The number of methoxy groups -OCH3 is 2. The smallest absolute Gasteiger partial charge is 0.166 e. The maximum atomic E-state index is 5.59. The minimum absolute atomic E-state index is 0.195. The molecule has 1 heterocycles. The van der Waals surface area contributed by atoms with Gasteiger partial charge in [0.2, 0.25) is 0 Å². The predicted molar refractivity (Wildman–Crippen MR) is 116 cm³/mol. The maximum Gasteiger partial charge on any atom is 0.166 e. The van der Waals surface area contributed by atoms with Crippen LogP contribution in [0.4, 0.5) is 0 Å². The quantitative estimate of drug-likeness (QED) is 0.691. The fraction of sp³-hybridized carbons (Fsp3) is 0.667. The van der Waals surface area contributed by atoms with Gasteiger partial charge >= 0.3 is 0 Å². The summed E-state index contributed by atoms with van der Waals surface area (Å²) in [5, 5.41) is 7.63. The molecule has 152 valence electrons. The van der Waals surface area contributed by atoms with E-state index >= 15 is 0 Å². The number of rotatable bonds is 7. The van der Waals surface area contributed by atoms with Crippen molar-refractivity contribution < 1.29 is 9.47 Å². The number of nitrogens with zero attached hydrogens (tertiary/aromatic N) is 1. The van der Waals surface area contributed by atoms with E-state index in [9.17, 15) is 0 Å². The normalized spacial score (nSPS) is 18.2. The highest BCUT2D eigenvalue weighted by Gasteiger charge is 2.36. The Hall–Kier alpha value is -1.53. The van der Waals surface area contributed by atoms with Crippen LogP contribution in [-0.4, -0.2) is 49.4 Å². The molecule has 5 nitrogen and oxygen atoms in total. The molecule has 0 saturated carbocycles. The molecule has 2 atom stereocenters. The first-order chi connectivity index (χ1) is 12.8. The summed E-state index contributed by atoms with van der Waals surface area (Å²) in [6.45, 7) is 12.9. The standard InChI is InChI=1S/C21H35N3O2S/c1-8-24-10-9-15-11-17(25-6)18(26-7)12-16(15)20(24)19(13(2)3)23-21(27)22-14(4)5/h11-14,19-20H,8-10H2,1-7H3,(H2,22,23,27)/t19-,20+/m1/s1. The zero-order chi connectivity index (χ0) is 20.1. The molecule has 0 fully saturated rings. The van der Waals surface area contributed by atoms with Gasteiger partial charge in [0, 0.05) is 12.6 Å². The van der Waals surface area contributed by atoms with Gasteiger partial charge in [-0.2, -0.15) is 0 Å². The lowest BCUT2D eigenvalue weighted by atomic mass is 9.83. The molecular formula is C21H35N3O2S. The second-order valence-corrected chi connectivity index (χ2v) is 8.18. The first-order valence-corrected chi connectivity index (χ1v) is 10.3. The van der Waals surface area contributed by atoms with Gasteiger partial charge in [-0.05, 0) is 68.2 Å². The van der Waals surface area contributed by atoms with E-state index in [1.807, 2.05) is 0 Å². The van der Waals surface area contributed by atoms with Crippen molar-refractivity contribution >= 4 is 17.3 Å². The zero-order valence-electron chi connectivity index (χ0n) is 17.8. The zero-order valence-corrected chi connectivity index (χ0v) is 18.6. The van der Waals surface area contributed by atoms with Crippen molar-refractivity contribution in [2.24, 2.45) is 5.92 Å². The van der Waals surface area contributed by atoms with Gasteiger partial charge in [-0.15, -0.1) is 0 Å². The molecule has 0 aromatic heterocycles. The third-order valence-electron chi connectivity index (χ3n) is 5.21. The van der Waals surface area contributed by atoms with Crippen molar-refractivity contribution in [3.63, 3.8) is 0 Å². The van der Waals surface area contributed by atoms with Gasteiger partial charge < -0.3 is 20.1 Å². The second-order valence-electron chi connectivity index (χ2n) is 7.77. The molecule has 0 radical (unpaired) electrons. The lowest BCUT2D eigenvalue weighted by molar-refractivity contribution is 0.140. The van der Waals surface area contributed by atoms with Gasteiger partial charge in [-0.3, -0.25) is 4.90 Å². The van der Waals surface area contributed by atoms with Crippen molar-refractivity contribution in [1.29, 1.82) is 0 Å². The van der Waals surface area contributed by atoms with Crippen molar-refractivity contribution in [1.82, 2.24) is 15.5 Å². The lowest BCUT2D eigenvalue weighted by Crippen LogP contribution is -2.54. The number of nitrogens with one attached hydrogen (secondary N) is 2. The summed E-state index contributed by atoms with van der Waals surface area (Å²) < 4.78 is 11.1. The Morgan fingerprint density at radius 1 is 1.15 bits per heavy atom. The van der Waals surface area contributed by atoms with E-state index < -0.39 is 0 Å². The number of hydrogen-bond donors (Lipinski definition) is 2. The Morgan fingerprint density at radius 2 is 1.78 bits per heavy atom. The minimum atomic E-state index is 0.195. The van der Waals surface area contributed by atoms with Gasteiger partial charge in [0.15, 0.2) is 16.6 Å². The van der Waals surface area contributed by atoms with Crippen LogP contribution in [0.1, 0.15) is 51.8 Å². The van der Waals surface area contributed by atoms with E-state index in [1.165, 1.54) is 11.1 Å². The van der Waals surface area contributed by atoms with Crippen molar-refractivity contribution in [3.05, 3.63) is 23.3 Å². The molecule has 1 aliphatic rings. The molecule has 0 bridgehead atoms. The first kappa shape index (κ1) is 21.8. The van der Waals surface area contributed by atoms with Gasteiger partial charge in [-0.25, -0.2) is 0 Å². The third-order valence-corrected chi connectivity index (χ3v) is 5.44. The maximum absolute atomic E-state index is 5.59. The topological polar surface area (TPSA) is 45.8 Å². The highest BCUT2D eigenvalue weighted by atomic mass is 32.1. The third kappa shape index (κ3) is 5.05. The van der Waals surface area contributed by atoms with Crippen LogP contribution in [0.25, 0.3) is 0 Å². The summed E-state index contributed by atoms with van der Waals surface area (Å²) >= 11 is 5.57. The Kier molecular flexibility index (Phi) is 7.74. The van der Waals surface area contributed by atoms with E-state index in [-0.39, 0.29) is 12.1 Å². The molecule has 2 rings (SSSR count). The Labute approximate surface area is 169 Å². The van der Waals surface area contributed by atoms with Crippen LogP contribution in [0.5, 0.6) is 11.5 Å². The molecule has 0 amide bonds. The summed E-state index contributed by atoms with van der Waals surface area (Å²) in [6.07, 6.45) is 1.01. The van der Waals surface area contributed by atoms with E-state index in [0.717, 1.165) is 31.0 Å². The molecule has 27 heavy (non-hydrogen) atoms. The highest BCUT2D eigenvalue weighted by molar-refractivity contribution is 7.80. The number of likely N-dealkylation sites (N-methyl/N-ethyl adjacent to an activating group) is 1. The van der Waals surface area contributed by atoms with Crippen LogP contribution < -0.4 is 20.1 Å². The average molecular weight is 394 g/mol. The lowest BCUT2D eigenvalue weighted by Gasteiger charge is -2.43. The van der Waals surface area contributed by atoms with E-state index in [0.29, 0.717) is 17.1 Å². The summed E-state index contributed by atoms with van der Waals surface area (Å²) in [5.41, 5.74) is 2.64. The molecular weight excluding hydrogens is 358 g/mol. The van der Waals surface area contributed by atoms with E-state index in [1.54, 1.807) is 14.2 Å².